The molecule has 2 aromatic rings. The van der Waals surface area contributed by atoms with Gasteiger partial charge >= 0.3 is 0 Å². The van der Waals surface area contributed by atoms with Gasteiger partial charge in [-0.2, -0.15) is 0 Å². The first-order chi connectivity index (χ1) is 11.3. The molecular formula is C20H24ClNO2. The standard InChI is InChI=1S/C20H23NO2.ClH/c1-22-20-10-17(18-11-21-12-18)8-9-19(20)23-13-14-2-4-15(5-3-14)16-6-7-16;/h2-5,8-10,16,18,21H,6-7,11-13H2,1H3;1H. The monoisotopic (exact) mass is 345 g/mol. The molecule has 4 heteroatoms. The van der Waals surface area contributed by atoms with E-state index in [-0.39, 0.29) is 12.4 Å². The van der Waals surface area contributed by atoms with E-state index in [1.54, 1.807) is 7.11 Å². The Balaban J connectivity index is 0.00000169. The van der Waals surface area contributed by atoms with Crippen molar-refractivity contribution in [2.75, 3.05) is 20.2 Å². The molecule has 0 bridgehead atoms. The van der Waals surface area contributed by atoms with Crippen LogP contribution < -0.4 is 14.8 Å². The minimum Gasteiger partial charge on any atom is -0.493 e. The molecule has 4 rings (SSSR count). The van der Waals surface area contributed by atoms with Gasteiger partial charge in [-0.3, -0.25) is 0 Å². The van der Waals surface area contributed by atoms with Gasteiger partial charge in [0.1, 0.15) is 6.61 Å². The molecule has 0 spiro atoms. The summed E-state index contributed by atoms with van der Waals surface area (Å²) in [7, 11) is 1.70. The predicted octanol–water partition coefficient (Wildman–Crippen LogP) is 4.26. The molecule has 2 aromatic carbocycles. The normalized spacial score (nSPS) is 16.9. The summed E-state index contributed by atoms with van der Waals surface area (Å²) in [6.45, 7) is 2.68. The maximum atomic E-state index is 5.98. The summed E-state index contributed by atoms with van der Waals surface area (Å²) in [6.07, 6.45) is 2.69. The van der Waals surface area contributed by atoms with E-state index in [4.69, 9.17) is 9.47 Å². The fourth-order valence-corrected chi connectivity index (χ4v) is 3.05. The molecule has 0 amide bonds. The summed E-state index contributed by atoms with van der Waals surface area (Å²) in [5.41, 5.74) is 3.98. The minimum absolute atomic E-state index is 0. The van der Waals surface area contributed by atoms with Crippen molar-refractivity contribution in [3.05, 3.63) is 59.2 Å². The van der Waals surface area contributed by atoms with Crippen LogP contribution in [-0.2, 0) is 6.61 Å². The van der Waals surface area contributed by atoms with E-state index in [0.29, 0.717) is 12.5 Å². The number of benzene rings is 2. The Kier molecular flexibility index (Phi) is 5.32. The Labute approximate surface area is 149 Å². The SMILES string of the molecule is COc1cc(C2CNC2)ccc1OCc1ccc(C2CC2)cc1.Cl. The second kappa shape index (κ2) is 7.45. The third kappa shape index (κ3) is 3.68. The molecule has 1 aliphatic carbocycles. The van der Waals surface area contributed by atoms with Crippen molar-refractivity contribution in [2.24, 2.45) is 0 Å². The quantitative estimate of drug-likeness (QED) is 0.848. The Morgan fingerprint density at radius 3 is 2.21 bits per heavy atom. The summed E-state index contributed by atoms with van der Waals surface area (Å²) in [6, 6.07) is 15.1. The topological polar surface area (TPSA) is 30.5 Å². The number of nitrogens with one attached hydrogen (secondary N) is 1. The lowest BCUT2D eigenvalue weighted by Gasteiger charge is -2.28. The Morgan fingerprint density at radius 2 is 1.62 bits per heavy atom. The smallest absolute Gasteiger partial charge is 0.161 e. The van der Waals surface area contributed by atoms with E-state index in [0.717, 1.165) is 30.5 Å². The van der Waals surface area contributed by atoms with Crippen LogP contribution in [0.3, 0.4) is 0 Å². The minimum atomic E-state index is 0. The van der Waals surface area contributed by atoms with Gasteiger partial charge in [0.2, 0.25) is 0 Å². The highest BCUT2D eigenvalue weighted by Crippen LogP contribution is 2.40. The molecule has 2 fully saturated rings. The van der Waals surface area contributed by atoms with Gasteiger partial charge in [0.25, 0.3) is 0 Å². The van der Waals surface area contributed by atoms with Crippen molar-refractivity contribution in [3.63, 3.8) is 0 Å². The summed E-state index contributed by atoms with van der Waals surface area (Å²) in [5.74, 6) is 3.05. The number of methoxy groups -OCH3 is 1. The molecule has 0 radical (unpaired) electrons. The van der Waals surface area contributed by atoms with Crippen LogP contribution in [0.1, 0.15) is 41.4 Å². The van der Waals surface area contributed by atoms with Crippen LogP contribution >= 0.6 is 12.4 Å². The highest BCUT2D eigenvalue weighted by molar-refractivity contribution is 5.85. The van der Waals surface area contributed by atoms with Crippen LogP contribution in [0.25, 0.3) is 0 Å². The first kappa shape index (κ1) is 17.1. The number of rotatable bonds is 6. The van der Waals surface area contributed by atoms with E-state index >= 15 is 0 Å². The third-order valence-corrected chi connectivity index (χ3v) is 4.86. The predicted molar refractivity (Wildman–Crippen MR) is 98.6 cm³/mol. The second-order valence-electron chi connectivity index (χ2n) is 6.57. The van der Waals surface area contributed by atoms with Crippen LogP contribution in [-0.4, -0.2) is 20.2 Å². The average Bonchev–Trinajstić information content (AvgIpc) is 3.37. The summed E-state index contributed by atoms with van der Waals surface area (Å²) < 4.78 is 11.5. The van der Waals surface area contributed by atoms with Crippen molar-refractivity contribution in [3.8, 4) is 11.5 Å². The third-order valence-electron chi connectivity index (χ3n) is 4.86. The van der Waals surface area contributed by atoms with Gasteiger partial charge in [-0.05, 0) is 47.6 Å². The Bertz CT molecular complexity index is 679. The van der Waals surface area contributed by atoms with Crippen LogP contribution in [0.15, 0.2) is 42.5 Å². The summed E-state index contributed by atoms with van der Waals surface area (Å²) >= 11 is 0. The zero-order valence-electron chi connectivity index (χ0n) is 14.0. The molecular weight excluding hydrogens is 322 g/mol. The average molecular weight is 346 g/mol. The molecule has 2 aliphatic rings. The first-order valence-corrected chi connectivity index (χ1v) is 8.44. The van der Waals surface area contributed by atoms with Gasteiger partial charge < -0.3 is 14.8 Å². The van der Waals surface area contributed by atoms with Gasteiger partial charge in [-0.15, -0.1) is 12.4 Å². The fraction of sp³-hybridized carbons (Fsp3) is 0.400. The molecule has 24 heavy (non-hydrogen) atoms. The van der Waals surface area contributed by atoms with Crippen molar-refractivity contribution in [1.29, 1.82) is 0 Å². The Hall–Kier alpha value is -1.71. The molecule has 0 unspecified atom stereocenters. The van der Waals surface area contributed by atoms with E-state index in [2.05, 4.69) is 41.7 Å². The lowest BCUT2D eigenvalue weighted by atomic mass is 9.93. The molecule has 0 atom stereocenters. The van der Waals surface area contributed by atoms with Crippen molar-refractivity contribution < 1.29 is 9.47 Å². The van der Waals surface area contributed by atoms with Crippen LogP contribution in [0.5, 0.6) is 11.5 Å². The molecule has 1 aliphatic heterocycles. The van der Waals surface area contributed by atoms with Crippen molar-refractivity contribution in [2.45, 2.75) is 31.3 Å². The largest absolute Gasteiger partial charge is 0.493 e. The van der Waals surface area contributed by atoms with Crippen molar-refractivity contribution >= 4 is 12.4 Å². The zero-order valence-corrected chi connectivity index (χ0v) is 14.8. The molecule has 3 nitrogen and oxygen atoms in total. The maximum Gasteiger partial charge on any atom is 0.161 e. The van der Waals surface area contributed by atoms with E-state index < -0.39 is 0 Å². The van der Waals surface area contributed by atoms with Crippen LogP contribution in [0, 0.1) is 0 Å². The summed E-state index contributed by atoms with van der Waals surface area (Å²) in [5, 5.41) is 3.30. The van der Waals surface area contributed by atoms with E-state index in [9.17, 15) is 0 Å². The number of hydrogen-bond acceptors (Lipinski definition) is 3. The lowest BCUT2D eigenvalue weighted by molar-refractivity contribution is 0.284. The summed E-state index contributed by atoms with van der Waals surface area (Å²) in [4.78, 5) is 0. The van der Waals surface area contributed by atoms with Gasteiger partial charge in [-0.1, -0.05) is 30.3 Å². The maximum absolute atomic E-state index is 5.98. The molecule has 128 valence electrons. The number of hydrogen-bond donors (Lipinski definition) is 1. The molecule has 1 saturated carbocycles. The highest BCUT2D eigenvalue weighted by Gasteiger charge is 2.23. The Morgan fingerprint density at radius 1 is 0.917 bits per heavy atom. The lowest BCUT2D eigenvalue weighted by Crippen LogP contribution is -2.39. The number of ether oxygens (including phenoxy) is 2. The van der Waals surface area contributed by atoms with Gasteiger partial charge in [0.15, 0.2) is 11.5 Å². The van der Waals surface area contributed by atoms with Gasteiger partial charge in [-0.25, -0.2) is 0 Å². The first-order valence-electron chi connectivity index (χ1n) is 8.44. The zero-order chi connectivity index (χ0) is 15.6. The molecule has 1 N–H and O–H groups in total. The second-order valence-corrected chi connectivity index (χ2v) is 6.57. The van der Waals surface area contributed by atoms with E-state index in [1.807, 2.05) is 6.07 Å². The van der Waals surface area contributed by atoms with Crippen LogP contribution in [0.4, 0.5) is 0 Å². The van der Waals surface area contributed by atoms with Gasteiger partial charge in [0, 0.05) is 19.0 Å². The van der Waals surface area contributed by atoms with Crippen molar-refractivity contribution in [1.82, 2.24) is 5.32 Å². The molecule has 1 saturated heterocycles. The van der Waals surface area contributed by atoms with Crippen LogP contribution in [0.2, 0.25) is 0 Å². The van der Waals surface area contributed by atoms with E-state index in [1.165, 1.54) is 29.5 Å². The fourth-order valence-electron chi connectivity index (χ4n) is 3.05. The highest BCUT2D eigenvalue weighted by atomic mass is 35.5. The number of halogens is 1. The molecule has 1 heterocycles. The molecule has 0 aromatic heterocycles. The van der Waals surface area contributed by atoms with Gasteiger partial charge in [0.05, 0.1) is 7.11 Å².